The molecule has 1 heterocycles. The molecule has 0 aliphatic carbocycles. The molecular formula is C8H14N2O3. The smallest absolute Gasteiger partial charge is 0.244 e. The van der Waals surface area contributed by atoms with E-state index in [4.69, 9.17) is 5.11 Å². The molecule has 0 bridgehead atoms. The van der Waals surface area contributed by atoms with Crippen LogP contribution in [0.3, 0.4) is 0 Å². The zero-order valence-electron chi connectivity index (χ0n) is 7.54. The molecule has 13 heavy (non-hydrogen) atoms. The summed E-state index contributed by atoms with van der Waals surface area (Å²) >= 11 is 0. The van der Waals surface area contributed by atoms with Crippen molar-refractivity contribution < 1.29 is 14.7 Å². The Hall–Kier alpha value is -0.940. The van der Waals surface area contributed by atoms with Gasteiger partial charge < -0.3 is 10.4 Å². The molecule has 2 atom stereocenters. The first-order chi connectivity index (χ1) is 6.13. The van der Waals surface area contributed by atoms with Crippen molar-refractivity contribution in [2.45, 2.75) is 31.8 Å². The van der Waals surface area contributed by atoms with E-state index in [1.54, 1.807) is 0 Å². The lowest BCUT2D eigenvalue weighted by Gasteiger charge is -2.15. The highest BCUT2D eigenvalue weighted by Gasteiger charge is 2.30. The number of rotatable bonds is 4. The lowest BCUT2D eigenvalue weighted by molar-refractivity contribution is -0.125. The third-order valence-corrected chi connectivity index (χ3v) is 2.02. The Morgan fingerprint density at radius 1 is 1.69 bits per heavy atom. The third kappa shape index (κ3) is 2.78. The third-order valence-electron chi connectivity index (χ3n) is 2.02. The minimum absolute atomic E-state index is 0.0478. The van der Waals surface area contributed by atoms with Gasteiger partial charge in [0, 0.05) is 12.6 Å². The highest BCUT2D eigenvalue weighted by molar-refractivity contribution is 6.05. The second-order valence-corrected chi connectivity index (χ2v) is 3.25. The van der Waals surface area contributed by atoms with Crippen molar-refractivity contribution in [1.82, 2.24) is 10.6 Å². The maximum atomic E-state index is 11.1. The summed E-state index contributed by atoms with van der Waals surface area (Å²) in [5.41, 5.74) is 0. The van der Waals surface area contributed by atoms with Gasteiger partial charge in [0.25, 0.3) is 0 Å². The molecule has 5 nitrogen and oxygen atoms in total. The van der Waals surface area contributed by atoms with Gasteiger partial charge in [0.2, 0.25) is 11.8 Å². The van der Waals surface area contributed by atoms with E-state index in [1.165, 1.54) is 0 Å². The van der Waals surface area contributed by atoms with Crippen molar-refractivity contribution in [2.24, 2.45) is 0 Å². The molecule has 0 spiro atoms. The average molecular weight is 186 g/mol. The standard InChI is InChI=1S/C8H14N2O3/c1-5(2-3-11)9-6-4-7(12)10-8(6)13/h5-6,9,11H,2-4H2,1H3,(H,10,12,13). The summed E-state index contributed by atoms with van der Waals surface area (Å²) in [5.74, 6) is -0.506. The molecule has 1 aliphatic heterocycles. The zero-order chi connectivity index (χ0) is 9.84. The Kier molecular flexibility index (Phi) is 3.39. The molecule has 0 saturated carbocycles. The number of hydrogen-bond donors (Lipinski definition) is 3. The Labute approximate surface area is 76.5 Å². The zero-order valence-corrected chi connectivity index (χ0v) is 7.54. The first-order valence-corrected chi connectivity index (χ1v) is 4.34. The van der Waals surface area contributed by atoms with E-state index in [2.05, 4.69) is 10.6 Å². The molecule has 2 unspecified atom stereocenters. The topological polar surface area (TPSA) is 78.4 Å². The number of carbonyl (C=O) groups excluding carboxylic acids is 2. The largest absolute Gasteiger partial charge is 0.396 e. The summed E-state index contributed by atoms with van der Waals surface area (Å²) < 4.78 is 0. The van der Waals surface area contributed by atoms with Gasteiger partial charge in [-0.25, -0.2) is 0 Å². The lowest BCUT2D eigenvalue weighted by Crippen LogP contribution is -2.41. The van der Waals surface area contributed by atoms with Crippen molar-refractivity contribution >= 4 is 11.8 Å². The Morgan fingerprint density at radius 3 is 2.85 bits per heavy atom. The molecule has 0 aromatic heterocycles. The predicted octanol–water partition coefficient (Wildman–Crippen LogP) is -1.24. The average Bonchev–Trinajstić information content (AvgIpc) is 2.30. The number of carbonyl (C=O) groups is 2. The van der Waals surface area contributed by atoms with Crippen LogP contribution >= 0.6 is 0 Å². The van der Waals surface area contributed by atoms with Gasteiger partial charge in [-0.2, -0.15) is 0 Å². The maximum absolute atomic E-state index is 11.1. The van der Waals surface area contributed by atoms with Crippen LogP contribution in [0.15, 0.2) is 0 Å². The van der Waals surface area contributed by atoms with Crippen molar-refractivity contribution in [3.05, 3.63) is 0 Å². The van der Waals surface area contributed by atoms with E-state index in [0.717, 1.165) is 0 Å². The van der Waals surface area contributed by atoms with E-state index in [0.29, 0.717) is 6.42 Å². The van der Waals surface area contributed by atoms with Crippen LogP contribution in [0.25, 0.3) is 0 Å². The van der Waals surface area contributed by atoms with Gasteiger partial charge in [0.1, 0.15) is 0 Å². The minimum Gasteiger partial charge on any atom is -0.396 e. The Bertz CT molecular complexity index is 217. The van der Waals surface area contributed by atoms with Crippen LogP contribution in [-0.2, 0) is 9.59 Å². The normalized spacial score (nSPS) is 24.6. The van der Waals surface area contributed by atoms with Crippen LogP contribution in [0.1, 0.15) is 19.8 Å². The molecule has 0 aromatic carbocycles. The first kappa shape index (κ1) is 10.1. The Balaban J connectivity index is 2.36. The molecule has 1 aliphatic rings. The second kappa shape index (κ2) is 4.34. The molecule has 0 radical (unpaired) electrons. The van der Waals surface area contributed by atoms with Crippen LogP contribution < -0.4 is 10.6 Å². The van der Waals surface area contributed by atoms with Crippen molar-refractivity contribution in [3.63, 3.8) is 0 Å². The first-order valence-electron chi connectivity index (χ1n) is 4.34. The van der Waals surface area contributed by atoms with Gasteiger partial charge in [-0.15, -0.1) is 0 Å². The number of aliphatic hydroxyl groups excluding tert-OH is 1. The number of amides is 2. The van der Waals surface area contributed by atoms with Crippen LogP contribution in [0.5, 0.6) is 0 Å². The number of aliphatic hydroxyl groups is 1. The molecule has 2 amide bonds. The second-order valence-electron chi connectivity index (χ2n) is 3.25. The number of imide groups is 1. The molecule has 1 rings (SSSR count). The molecule has 0 aromatic rings. The van der Waals surface area contributed by atoms with Gasteiger partial charge in [-0.05, 0) is 13.3 Å². The van der Waals surface area contributed by atoms with E-state index in [9.17, 15) is 9.59 Å². The van der Waals surface area contributed by atoms with Crippen LogP contribution in [0.4, 0.5) is 0 Å². The molecule has 3 N–H and O–H groups in total. The van der Waals surface area contributed by atoms with E-state index in [-0.39, 0.29) is 30.9 Å². The van der Waals surface area contributed by atoms with Gasteiger partial charge in [-0.3, -0.25) is 14.9 Å². The van der Waals surface area contributed by atoms with Gasteiger partial charge in [0.05, 0.1) is 12.5 Å². The van der Waals surface area contributed by atoms with Gasteiger partial charge in [0.15, 0.2) is 0 Å². The highest BCUT2D eigenvalue weighted by atomic mass is 16.3. The van der Waals surface area contributed by atoms with Gasteiger partial charge >= 0.3 is 0 Å². The summed E-state index contributed by atoms with van der Waals surface area (Å²) in [6.07, 6.45) is 0.784. The van der Waals surface area contributed by atoms with E-state index < -0.39 is 6.04 Å². The van der Waals surface area contributed by atoms with Crippen molar-refractivity contribution in [2.75, 3.05) is 6.61 Å². The summed E-state index contributed by atoms with van der Waals surface area (Å²) in [6, 6.07) is -0.374. The van der Waals surface area contributed by atoms with Crippen LogP contribution in [-0.4, -0.2) is 35.6 Å². The van der Waals surface area contributed by atoms with Crippen molar-refractivity contribution in [1.29, 1.82) is 0 Å². The summed E-state index contributed by atoms with van der Waals surface area (Å²) in [6.45, 7) is 1.95. The molecule has 1 saturated heterocycles. The fourth-order valence-corrected chi connectivity index (χ4v) is 1.31. The summed E-state index contributed by atoms with van der Waals surface area (Å²) in [5, 5.41) is 13.8. The van der Waals surface area contributed by atoms with E-state index >= 15 is 0 Å². The molecular weight excluding hydrogens is 172 g/mol. The monoisotopic (exact) mass is 186 g/mol. The fourth-order valence-electron chi connectivity index (χ4n) is 1.31. The molecule has 74 valence electrons. The molecule has 1 fully saturated rings. The minimum atomic E-state index is -0.422. The molecule has 5 heteroatoms. The number of nitrogens with one attached hydrogen (secondary N) is 2. The van der Waals surface area contributed by atoms with Crippen molar-refractivity contribution in [3.8, 4) is 0 Å². The Morgan fingerprint density at radius 2 is 2.38 bits per heavy atom. The van der Waals surface area contributed by atoms with Gasteiger partial charge in [-0.1, -0.05) is 0 Å². The number of hydrogen-bond acceptors (Lipinski definition) is 4. The summed E-state index contributed by atoms with van der Waals surface area (Å²) in [7, 11) is 0. The van der Waals surface area contributed by atoms with Crippen LogP contribution in [0.2, 0.25) is 0 Å². The van der Waals surface area contributed by atoms with Crippen LogP contribution in [0, 0.1) is 0 Å². The predicted molar refractivity (Wildman–Crippen MR) is 45.9 cm³/mol. The highest BCUT2D eigenvalue weighted by Crippen LogP contribution is 2.03. The SMILES string of the molecule is CC(CCO)NC1CC(=O)NC1=O. The lowest BCUT2D eigenvalue weighted by atomic mass is 10.2. The maximum Gasteiger partial charge on any atom is 0.244 e. The quantitative estimate of drug-likeness (QED) is 0.480. The van der Waals surface area contributed by atoms with E-state index in [1.807, 2.05) is 6.92 Å². The fraction of sp³-hybridized carbons (Fsp3) is 0.750. The summed E-state index contributed by atoms with van der Waals surface area (Å²) in [4.78, 5) is 21.8.